The Hall–Kier alpha value is -3.38. The van der Waals surface area contributed by atoms with Crippen molar-refractivity contribution in [3.8, 4) is 0 Å². The highest BCUT2D eigenvalue weighted by Gasteiger charge is 2.32. The molecule has 0 radical (unpaired) electrons. The number of nitrogens with zero attached hydrogens (tertiary/aromatic N) is 4. The van der Waals surface area contributed by atoms with Gasteiger partial charge in [-0.3, -0.25) is 4.79 Å². The lowest BCUT2D eigenvalue weighted by atomic mass is 10.1. The molecule has 1 aliphatic rings. The number of alkyl halides is 3. The molecular weight excluding hydrogens is 441 g/mol. The Morgan fingerprint density at radius 3 is 2.76 bits per heavy atom. The van der Waals surface area contributed by atoms with E-state index in [2.05, 4.69) is 38.7 Å². The van der Waals surface area contributed by atoms with Crippen LogP contribution in [-0.2, 0) is 22.7 Å². The summed E-state index contributed by atoms with van der Waals surface area (Å²) in [4.78, 5) is 21.3. The average Bonchev–Trinajstić information content (AvgIpc) is 3.26. The topological polar surface area (TPSA) is 124 Å². The van der Waals surface area contributed by atoms with Gasteiger partial charge in [0.15, 0.2) is 5.70 Å². The van der Waals surface area contributed by atoms with Crippen LogP contribution in [0.5, 0.6) is 0 Å². The molecule has 0 unspecified atom stereocenters. The molecule has 12 heteroatoms. The van der Waals surface area contributed by atoms with Crippen LogP contribution < -0.4 is 11.1 Å². The Labute approximate surface area is 187 Å². The summed E-state index contributed by atoms with van der Waals surface area (Å²) in [5.41, 5.74) is 6.61. The quantitative estimate of drug-likeness (QED) is 0.430. The van der Waals surface area contributed by atoms with Gasteiger partial charge in [-0.1, -0.05) is 20.1 Å². The van der Waals surface area contributed by atoms with Gasteiger partial charge in [-0.2, -0.15) is 18.3 Å². The van der Waals surface area contributed by atoms with Crippen molar-refractivity contribution >= 4 is 22.6 Å². The van der Waals surface area contributed by atoms with Gasteiger partial charge in [0.25, 0.3) is 5.91 Å². The molecule has 0 saturated carbocycles. The molecule has 1 atom stereocenters. The summed E-state index contributed by atoms with van der Waals surface area (Å²) in [5.74, 6) is -0.248. The summed E-state index contributed by atoms with van der Waals surface area (Å²) >= 11 is 0. The highest BCUT2D eigenvalue weighted by Crippen LogP contribution is 2.31. The zero-order valence-electron chi connectivity index (χ0n) is 17.9. The average molecular weight is 464 g/mol. The van der Waals surface area contributed by atoms with E-state index in [1.807, 2.05) is 6.92 Å². The normalized spacial score (nSPS) is 14.4. The van der Waals surface area contributed by atoms with Crippen LogP contribution in [-0.4, -0.2) is 41.3 Å². The van der Waals surface area contributed by atoms with Crippen molar-refractivity contribution in [3.05, 3.63) is 53.6 Å². The van der Waals surface area contributed by atoms with Crippen LogP contribution in [0.15, 0.2) is 47.0 Å². The predicted octanol–water partition coefficient (Wildman–Crippen LogP) is 3.81. The number of carbonyl (C=O) groups is 1. The number of hydrogen-bond acceptors (Lipinski definition) is 8. The minimum atomic E-state index is -4.72. The fraction of sp³-hybridized carbons (Fsp3) is 0.381. The van der Waals surface area contributed by atoms with Gasteiger partial charge < -0.3 is 20.5 Å². The van der Waals surface area contributed by atoms with Crippen LogP contribution in [0.1, 0.15) is 35.0 Å². The summed E-state index contributed by atoms with van der Waals surface area (Å²) in [7, 11) is 0. The van der Waals surface area contributed by atoms with Gasteiger partial charge in [0.2, 0.25) is 0 Å². The number of rotatable bonds is 9. The van der Waals surface area contributed by atoms with Crippen LogP contribution in [0.4, 0.5) is 19.0 Å². The third kappa shape index (κ3) is 5.71. The lowest BCUT2D eigenvalue weighted by Gasteiger charge is -2.18. The summed E-state index contributed by atoms with van der Waals surface area (Å²) in [6, 6.07) is 0.620. The van der Waals surface area contributed by atoms with Crippen molar-refractivity contribution in [3.63, 3.8) is 0 Å². The molecule has 0 aliphatic carbocycles. The van der Waals surface area contributed by atoms with E-state index in [1.165, 1.54) is 6.20 Å². The SMILES string of the molecule is C=C(N=NC(=C)C(F)(F)F)[C@@H](COCCC)NC(=O)c1cc2c3c(c(N)nc2cn1)COC3. The van der Waals surface area contributed by atoms with Gasteiger partial charge in [-0.15, -0.1) is 5.11 Å². The van der Waals surface area contributed by atoms with Crippen LogP contribution in [0.3, 0.4) is 0 Å². The Balaban J connectivity index is 1.82. The second kappa shape index (κ2) is 10.0. The maximum Gasteiger partial charge on any atom is 0.434 e. The number of hydrogen-bond donors (Lipinski definition) is 2. The predicted molar refractivity (Wildman–Crippen MR) is 114 cm³/mol. The first-order valence-corrected chi connectivity index (χ1v) is 10.0. The number of amides is 1. The maximum absolute atomic E-state index is 12.9. The highest BCUT2D eigenvalue weighted by atomic mass is 19.4. The zero-order valence-corrected chi connectivity index (χ0v) is 17.9. The maximum atomic E-state index is 12.9. The van der Waals surface area contributed by atoms with Gasteiger partial charge in [-0.05, 0) is 18.1 Å². The van der Waals surface area contributed by atoms with E-state index in [9.17, 15) is 18.0 Å². The lowest BCUT2D eigenvalue weighted by molar-refractivity contribution is -0.0926. The van der Waals surface area contributed by atoms with Gasteiger partial charge >= 0.3 is 6.18 Å². The Bertz CT molecular complexity index is 1120. The van der Waals surface area contributed by atoms with Crippen molar-refractivity contribution in [2.75, 3.05) is 18.9 Å². The number of azo groups is 1. The van der Waals surface area contributed by atoms with Crippen molar-refractivity contribution in [2.24, 2.45) is 10.2 Å². The van der Waals surface area contributed by atoms with Crippen LogP contribution in [0.25, 0.3) is 10.9 Å². The number of ether oxygens (including phenoxy) is 2. The minimum absolute atomic E-state index is 0.0631. The molecule has 9 nitrogen and oxygen atoms in total. The number of halogens is 3. The van der Waals surface area contributed by atoms with Gasteiger partial charge in [0.05, 0.1) is 43.3 Å². The van der Waals surface area contributed by atoms with Gasteiger partial charge in [0.1, 0.15) is 11.5 Å². The third-order valence-corrected chi connectivity index (χ3v) is 4.81. The van der Waals surface area contributed by atoms with Gasteiger partial charge in [0, 0.05) is 17.6 Å². The number of carbonyl (C=O) groups excluding carboxylic acids is 1. The molecule has 0 fully saturated rings. The molecule has 3 rings (SSSR count). The zero-order chi connectivity index (χ0) is 24.2. The molecule has 0 spiro atoms. The van der Waals surface area contributed by atoms with E-state index in [0.717, 1.165) is 11.1 Å². The van der Waals surface area contributed by atoms with Crippen LogP contribution >= 0.6 is 0 Å². The molecule has 3 heterocycles. The first-order valence-electron chi connectivity index (χ1n) is 10.0. The lowest BCUT2D eigenvalue weighted by Crippen LogP contribution is -2.39. The first kappa shape index (κ1) is 24.3. The molecule has 2 aromatic heterocycles. The fourth-order valence-electron chi connectivity index (χ4n) is 3.05. The fourth-order valence-corrected chi connectivity index (χ4v) is 3.05. The van der Waals surface area contributed by atoms with Gasteiger partial charge in [-0.25, -0.2) is 9.97 Å². The summed E-state index contributed by atoms with van der Waals surface area (Å²) in [6.07, 6.45) is -2.60. The number of allylic oxidation sites excluding steroid dienone is 1. The Morgan fingerprint density at radius 1 is 1.33 bits per heavy atom. The molecule has 0 aromatic carbocycles. The molecule has 1 aliphatic heterocycles. The standard InChI is InChI=1S/C21H23F3N6O3/c1-4-5-32-10-18(11(2)29-30-12(3)21(22,23)24)28-20(31)16-6-13-14-8-33-9-15(14)19(25)27-17(13)7-26-16/h6-7,18H,2-5,8-10H2,1H3,(H2,25,27)(H,28,31)/t18-/m1/s1. The summed E-state index contributed by atoms with van der Waals surface area (Å²) in [5, 5.41) is 9.85. The number of nitrogens with two attached hydrogens (primary N) is 1. The van der Waals surface area contributed by atoms with E-state index in [-0.39, 0.29) is 18.0 Å². The van der Waals surface area contributed by atoms with E-state index in [1.54, 1.807) is 6.07 Å². The third-order valence-electron chi connectivity index (χ3n) is 4.81. The van der Waals surface area contributed by atoms with Crippen molar-refractivity contribution < 1.29 is 27.4 Å². The number of aromatic nitrogens is 2. The molecule has 0 bridgehead atoms. The number of nitrogens with one attached hydrogen (secondary N) is 1. The molecular formula is C21H23F3N6O3. The van der Waals surface area contributed by atoms with Crippen LogP contribution in [0, 0.1) is 0 Å². The monoisotopic (exact) mass is 464 g/mol. The van der Waals surface area contributed by atoms with E-state index in [0.29, 0.717) is 43.0 Å². The largest absolute Gasteiger partial charge is 0.434 e. The Morgan fingerprint density at radius 2 is 2.06 bits per heavy atom. The molecule has 3 N–H and O–H groups in total. The second-order valence-corrected chi connectivity index (χ2v) is 7.27. The second-order valence-electron chi connectivity index (χ2n) is 7.27. The molecule has 2 aromatic rings. The minimum Gasteiger partial charge on any atom is -0.383 e. The van der Waals surface area contributed by atoms with Crippen molar-refractivity contribution in [1.82, 2.24) is 15.3 Å². The number of pyridine rings is 2. The van der Waals surface area contributed by atoms with E-state index < -0.39 is 23.8 Å². The number of anilines is 1. The highest BCUT2D eigenvalue weighted by molar-refractivity contribution is 5.97. The van der Waals surface area contributed by atoms with Crippen molar-refractivity contribution in [1.29, 1.82) is 0 Å². The molecule has 1 amide bonds. The molecule has 0 saturated heterocycles. The summed E-state index contributed by atoms with van der Waals surface area (Å²) < 4.78 is 48.7. The molecule has 33 heavy (non-hydrogen) atoms. The number of fused-ring (bicyclic) bond motifs is 3. The van der Waals surface area contributed by atoms with E-state index >= 15 is 0 Å². The number of nitrogen functional groups attached to an aromatic ring is 1. The van der Waals surface area contributed by atoms with E-state index in [4.69, 9.17) is 15.2 Å². The smallest absolute Gasteiger partial charge is 0.383 e. The molecule has 176 valence electrons. The van der Waals surface area contributed by atoms with Crippen molar-refractivity contribution in [2.45, 2.75) is 38.8 Å². The van der Waals surface area contributed by atoms with Crippen LogP contribution in [0.2, 0.25) is 0 Å². The summed E-state index contributed by atoms with van der Waals surface area (Å²) in [6.45, 7) is 9.30. The Kier molecular flexibility index (Phi) is 7.39. The first-order chi connectivity index (χ1) is 15.6.